The molecule has 1 aliphatic heterocycles. The Morgan fingerprint density at radius 2 is 1.86 bits per heavy atom. The van der Waals surface area contributed by atoms with Gasteiger partial charge in [-0.3, -0.25) is 9.59 Å². The average molecular weight is 438 g/mol. The zero-order valence-electron chi connectivity index (χ0n) is 16.0. The molecule has 2 N–H and O–H groups in total. The number of hydrogen-bond donors (Lipinski definition) is 2. The predicted octanol–water partition coefficient (Wildman–Crippen LogP) is 3.98. The Morgan fingerprint density at radius 1 is 1.14 bits per heavy atom. The highest BCUT2D eigenvalue weighted by Crippen LogP contribution is 2.52. The summed E-state index contributed by atoms with van der Waals surface area (Å²) in [6, 6.07) is 8.76. The van der Waals surface area contributed by atoms with Crippen molar-refractivity contribution >= 4 is 40.9 Å². The van der Waals surface area contributed by atoms with E-state index in [1.807, 2.05) is 12.1 Å². The highest BCUT2D eigenvalue weighted by Gasteiger charge is 2.36. The number of para-hydroxylation sites is 1. The molecule has 0 aromatic heterocycles. The molecule has 29 heavy (non-hydrogen) atoms. The highest BCUT2D eigenvalue weighted by atomic mass is 35.5. The number of hydrogen-bond acceptors (Lipinski definition) is 6. The number of rotatable bonds is 6. The summed E-state index contributed by atoms with van der Waals surface area (Å²) >= 11 is 7.52. The number of carbonyl (C=O) groups excluding carboxylic acids is 1. The number of thioether (sulfide) groups is 1. The number of halogens is 1. The molecular formula is C20H20ClNO6S. The first-order valence-electron chi connectivity index (χ1n) is 8.66. The van der Waals surface area contributed by atoms with E-state index in [2.05, 4.69) is 5.32 Å². The van der Waals surface area contributed by atoms with Gasteiger partial charge in [0.1, 0.15) is 5.75 Å². The van der Waals surface area contributed by atoms with E-state index < -0.39 is 22.4 Å². The van der Waals surface area contributed by atoms with Crippen molar-refractivity contribution in [3.8, 4) is 17.2 Å². The van der Waals surface area contributed by atoms with Gasteiger partial charge >= 0.3 is 5.97 Å². The van der Waals surface area contributed by atoms with Crippen molar-refractivity contribution in [3.63, 3.8) is 0 Å². The number of benzene rings is 2. The summed E-state index contributed by atoms with van der Waals surface area (Å²) in [5, 5.41) is 11.3. The summed E-state index contributed by atoms with van der Waals surface area (Å²) in [5.41, 5.74) is 1.87. The van der Waals surface area contributed by atoms with Crippen LogP contribution >= 0.6 is 23.4 Å². The first kappa shape index (κ1) is 21.1. The largest absolute Gasteiger partial charge is 0.495 e. The molecule has 3 rings (SSSR count). The van der Waals surface area contributed by atoms with Crippen LogP contribution in [0, 0.1) is 0 Å². The van der Waals surface area contributed by atoms with Gasteiger partial charge in [0.05, 0.1) is 43.9 Å². The van der Waals surface area contributed by atoms with Gasteiger partial charge in [0, 0.05) is 16.7 Å². The van der Waals surface area contributed by atoms with Gasteiger partial charge in [0.15, 0.2) is 11.5 Å². The fourth-order valence-electron chi connectivity index (χ4n) is 3.27. The Balaban J connectivity index is 2.25. The van der Waals surface area contributed by atoms with Gasteiger partial charge in [-0.15, -0.1) is 11.8 Å². The number of amides is 1. The monoisotopic (exact) mass is 437 g/mol. The first-order chi connectivity index (χ1) is 13.9. The van der Waals surface area contributed by atoms with Crippen molar-refractivity contribution in [1.82, 2.24) is 0 Å². The van der Waals surface area contributed by atoms with Crippen LogP contribution in [0.25, 0.3) is 0 Å². The summed E-state index contributed by atoms with van der Waals surface area (Å²) in [6.07, 6.45) is -0.330. The van der Waals surface area contributed by atoms with Crippen LogP contribution in [0.2, 0.25) is 5.02 Å². The van der Waals surface area contributed by atoms with Crippen LogP contribution < -0.4 is 19.5 Å². The topological polar surface area (TPSA) is 94.1 Å². The van der Waals surface area contributed by atoms with Gasteiger partial charge in [-0.2, -0.15) is 0 Å². The fourth-order valence-corrected chi connectivity index (χ4v) is 4.90. The van der Waals surface area contributed by atoms with E-state index in [0.29, 0.717) is 33.5 Å². The van der Waals surface area contributed by atoms with Crippen LogP contribution in [0.4, 0.5) is 5.69 Å². The Hall–Kier alpha value is -2.58. The molecule has 9 heteroatoms. The third kappa shape index (κ3) is 4.23. The smallest absolute Gasteiger partial charge is 0.305 e. The maximum atomic E-state index is 12.8. The number of carboxylic acid groups (broad SMARTS) is 1. The summed E-state index contributed by atoms with van der Waals surface area (Å²) in [4.78, 5) is 24.1. The van der Waals surface area contributed by atoms with Gasteiger partial charge in [-0.25, -0.2) is 0 Å². The summed E-state index contributed by atoms with van der Waals surface area (Å²) in [5.74, 6) is -0.0573. The molecule has 1 aliphatic rings. The maximum Gasteiger partial charge on any atom is 0.305 e. The minimum atomic E-state index is -1.06. The van der Waals surface area contributed by atoms with Crippen molar-refractivity contribution in [1.29, 1.82) is 0 Å². The Bertz CT molecular complexity index is 951. The maximum absolute atomic E-state index is 12.8. The molecule has 0 bridgehead atoms. The lowest BCUT2D eigenvalue weighted by Crippen LogP contribution is -2.26. The van der Waals surface area contributed by atoms with Crippen LogP contribution in [0.1, 0.15) is 22.8 Å². The van der Waals surface area contributed by atoms with Gasteiger partial charge in [0.2, 0.25) is 5.91 Å². The van der Waals surface area contributed by atoms with E-state index >= 15 is 0 Å². The van der Waals surface area contributed by atoms with Crippen LogP contribution in [0.3, 0.4) is 0 Å². The fraction of sp³-hybridized carbons (Fsp3) is 0.300. The molecule has 0 aliphatic carbocycles. The van der Waals surface area contributed by atoms with E-state index in [4.69, 9.17) is 25.8 Å². The molecule has 0 saturated carbocycles. The molecule has 1 amide bonds. The zero-order chi connectivity index (χ0) is 21.1. The summed E-state index contributed by atoms with van der Waals surface area (Å²) in [6.45, 7) is 0. The van der Waals surface area contributed by atoms with E-state index in [1.54, 1.807) is 18.2 Å². The van der Waals surface area contributed by atoms with Gasteiger partial charge in [-0.05, 0) is 17.7 Å². The van der Waals surface area contributed by atoms with Gasteiger partial charge in [0.25, 0.3) is 0 Å². The lowest BCUT2D eigenvalue weighted by atomic mass is 10.0. The first-order valence-corrected chi connectivity index (χ1v) is 9.98. The molecule has 2 atom stereocenters. The number of fused-ring (bicyclic) bond motifs is 1. The van der Waals surface area contributed by atoms with Gasteiger partial charge < -0.3 is 24.6 Å². The van der Waals surface area contributed by atoms with E-state index in [-0.39, 0.29) is 6.42 Å². The Morgan fingerprint density at radius 3 is 2.48 bits per heavy atom. The highest BCUT2D eigenvalue weighted by molar-refractivity contribution is 8.01. The zero-order valence-corrected chi connectivity index (χ0v) is 17.6. The van der Waals surface area contributed by atoms with Crippen molar-refractivity contribution in [2.45, 2.75) is 16.9 Å². The number of carbonyl (C=O) groups is 2. The molecule has 0 fully saturated rings. The number of methoxy groups -OCH3 is 3. The third-order valence-corrected chi connectivity index (χ3v) is 6.22. The molecule has 0 radical (unpaired) electrons. The molecule has 2 aromatic rings. The SMILES string of the molecule is COc1cc(Cl)cc2c1NC(=O)[C@H](CC(=O)O)S[C@H]2c1cccc(OC)c1OC. The van der Waals surface area contributed by atoms with Crippen LogP contribution in [-0.4, -0.2) is 43.6 Å². The summed E-state index contributed by atoms with van der Waals surface area (Å²) in [7, 11) is 4.54. The average Bonchev–Trinajstić information content (AvgIpc) is 2.83. The standard InChI is InChI=1S/C20H20ClNO6S/c1-26-13-6-4-5-11(18(13)28-3)19-12-7-10(21)8-14(27-2)17(12)22-20(25)15(29-19)9-16(23)24/h4-8,15,19H,9H2,1-3H3,(H,22,25)(H,23,24)/t15-,19-/m0/s1. The second-order valence-corrected chi connectivity index (χ2v) is 8.00. The third-order valence-electron chi connectivity index (χ3n) is 4.52. The van der Waals surface area contributed by atoms with Crippen molar-refractivity contribution in [2.75, 3.05) is 26.6 Å². The molecule has 0 spiro atoms. The van der Waals surface area contributed by atoms with Crippen LogP contribution in [0.5, 0.6) is 17.2 Å². The molecule has 0 unspecified atom stereocenters. The number of aliphatic carboxylic acids is 1. The van der Waals surface area contributed by atoms with Crippen molar-refractivity contribution in [3.05, 3.63) is 46.5 Å². The number of anilines is 1. The van der Waals surface area contributed by atoms with E-state index in [9.17, 15) is 14.7 Å². The van der Waals surface area contributed by atoms with E-state index in [0.717, 1.165) is 5.56 Å². The van der Waals surface area contributed by atoms with Crippen molar-refractivity contribution in [2.24, 2.45) is 0 Å². The molecule has 1 heterocycles. The van der Waals surface area contributed by atoms with Crippen molar-refractivity contribution < 1.29 is 28.9 Å². The Labute approximate surface area is 177 Å². The molecule has 154 valence electrons. The normalized spacial score (nSPS) is 18.3. The Kier molecular flexibility index (Phi) is 6.44. The van der Waals surface area contributed by atoms with Gasteiger partial charge in [-0.1, -0.05) is 23.7 Å². The van der Waals surface area contributed by atoms with Crippen LogP contribution in [-0.2, 0) is 9.59 Å². The second-order valence-electron chi connectivity index (χ2n) is 6.25. The predicted molar refractivity (Wildman–Crippen MR) is 112 cm³/mol. The molecular weight excluding hydrogens is 418 g/mol. The number of carboxylic acids is 1. The lowest BCUT2D eigenvalue weighted by molar-refractivity contribution is -0.138. The second kappa shape index (κ2) is 8.84. The molecule has 2 aromatic carbocycles. The number of ether oxygens (including phenoxy) is 3. The quantitative estimate of drug-likeness (QED) is 0.705. The molecule has 7 nitrogen and oxygen atoms in total. The van der Waals surface area contributed by atoms with E-state index in [1.165, 1.54) is 33.1 Å². The van der Waals surface area contributed by atoms with Crippen LogP contribution in [0.15, 0.2) is 30.3 Å². The lowest BCUT2D eigenvalue weighted by Gasteiger charge is -2.23. The number of nitrogens with one attached hydrogen (secondary N) is 1. The minimum Gasteiger partial charge on any atom is -0.495 e. The molecule has 0 saturated heterocycles. The summed E-state index contributed by atoms with van der Waals surface area (Å²) < 4.78 is 16.4. The minimum absolute atomic E-state index is 0.330.